The summed E-state index contributed by atoms with van der Waals surface area (Å²) < 4.78 is 10.8. The summed E-state index contributed by atoms with van der Waals surface area (Å²) in [6, 6.07) is 14.6. The van der Waals surface area contributed by atoms with Gasteiger partial charge in [-0.1, -0.05) is 24.3 Å². The van der Waals surface area contributed by atoms with Crippen molar-refractivity contribution in [1.82, 2.24) is 5.32 Å². The minimum absolute atomic E-state index is 0.203. The fraction of sp³-hybridized carbons (Fsp3) is 0.400. The lowest BCUT2D eigenvalue weighted by atomic mass is 9.98. The number of aromatic hydroxyl groups is 1. The van der Waals surface area contributed by atoms with Gasteiger partial charge in [0.15, 0.2) is 11.5 Å². The molecule has 0 saturated heterocycles. The van der Waals surface area contributed by atoms with E-state index in [0.717, 1.165) is 37.2 Å². The Balaban J connectivity index is 1.57. The number of methoxy groups -OCH3 is 1. The summed E-state index contributed by atoms with van der Waals surface area (Å²) in [6.07, 6.45) is 2.91. The van der Waals surface area contributed by atoms with Crippen molar-refractivity contribution in [3.05, 3.63) is 53.6 Å². The van der Waals surface area contributed by atoms with Crippen LogP contribution in [0.2, 0.25) is 0 Å². The van der Waals surface area contributed by atoms with Gasteiger partial charge in [0.25, 0.3) is 0 Å². The number of phenols is 1. The van der Waals surface area contributed by atoms with Gasteiger partial charge in [0, 0.05) is 24.1 Å². The molecule has 0 unspecified atom stereocenters. The SMILES string of the molecule is COc1ccc(CC[C@H](C)N[C@H]2CCOc3ccccc32)cc1O. The summed E-state index contributed by atoms with van der Waals surface area (Å²) >= 11 is 0. The third kappa shape index (κ3) is 3.82. The molecule has 2 aromatic carbocycles. The van der Waals surface area contributed by atoms with Crippen molar-refractivity contribution >= 4 is 0 Å². The third-order valence-electron chi connectivity index (χ3n) is 4.55. The molecule has 1 aliphatic heterocycles. The maximum atomic E-state index is 9.87. The first-order chi connectivity index (χ1) is 11.7. The second kappa shape index (κ2) is 7.58. The van der Waals surface area contributed by atoms with Crippen LogP contribution in [0.3, 0.4) is 0 Å². The Morgan fingerprint density at radius 3 is 2.92 bits per heavy atom. The van der Waals surface area contributed by atoms with Crippen molar-refractivity contribution in [2.24, 2.45) is 0 Å². The van der Waals surface area contributed by atoms with Gasteiger partial charge >= 0.3 is 0 Å². The van der Waals surface area contributed by atoms with Gasteiger partial charge in [-0.2, -0.15) is 0 Å². The van der Waals surface area contributed by atoms with Crippen LogP contribution < -0.4 is 14.8 Å². The largest absolute Gasteiger partial charge is 0.504 e. The molecule has 0 spiro atoms. The highest BCUT2D eigenvalue weighted by atomic mass is 16.5. The number of fused-ring (bicyclic) bond motifs is 1. The molecule has 4 heteroatoms. The average Bonchev–Trinajstić information content (AvgIpc) is 2.60. The van der Waals surface area contributed by atoms with E-state index in [0.29, 0.717) is 17.8 Å². The van der Waals surface area contributed by atoms with Crippen LogP contribution >= 0.6 is 0 Å². The molecule has 1 aliphatic rings. The molecule has 2 N–H and O–H groups in total. The van der Waals surface area contributed by atoms with Crippen LogP contribution in [0, 0.1) is 0 Å². The second-order valence-electron chi connectivity index (χ2n) is 6.34. The molecule has 0 aliphatic carbocycles. The first-order valence-corrected chi connectivity index (χ1v) is 8.51. The number of nitrogens with one attached hydrogen (secondary N) is 1. The highest BCUT2D eigenvalue weighted by molar-refractivity contribution is 5.41. The molecule has 24 heavy (non-hydrogen) atoms. The first-order valence-electron chi connectivity index (χ1n) is 8.51. The van der Waals surface area contributed by atoms with Crippen molar-refractivity contribution in [1.29, 1.82) is 0 Å². The molecule has 3 rings (SSSR count). The molecular formula is C20H25NO3. The maximum Gasteiger partial charge on any atom is 0.160 e. The molecule has 0 saturated carbocycles. The van der Waals surface area contributed by atoms with E-state index in [4.69, 9.17) is 9.47 Å². The van der Waals surface area contributed by atoms with Gasteiger partial charge in [-0.05, 0) is 43.5 Å². The number of hydrogen-bond donors (Lipinski definition) is 2. The molecular weight excluding hydrogens is 302 g/mol. The Morgan fingerprint density at radius 2 is 2.12 bits per heavy atom. The van der Waals surface area contributed by atoms with Gasteiger partial charge in [0.2, 0.25) is 0 Å². The van der Waals surface area contributed by atoms with E-state index in [1.807, 2.05) is 24.3 Å². The van der Waals surface area contributed by atoms with E-state index < -0.39 is 0 Å². The number of ether oxygens (including phenoxy) is 2. The number of benzene rings is 2. The molecule has 1 heterocycles. The summed E-state index contributed by atoms with van der Waals surface area (Å²) in [7, 11) is 1.56. The Labute approximate surface area is 143 Å². The monoisotopic (exact) mass is 327 g/mol. The van der Waals surface area contributed by atoms with Gasteiger partial charge < -0.3 is 19.9 Å². The lowest BCUT2D eigenvalue weighted by Crippen LogP contribution is -2.34. The van der Waals surface area contributed by atoms with Crippen molar-refractivity contribution in [3.8, 4) is 17.2 Å². The standard InChI is InChI=1S/C20H25NO3/c1-14(7-8-15-9-10-20(23-2)18(22)13-15)21-17-11-12-24-19-6-4-3-5-16(17)19/h3-6,9-10,13-14,17,21-22H,7-8,11-12H2,1-2H3/t14-,17-/m0/s1. The predicted octanol–water partition coefficient (Wildman–Crippen LogP) is 3.84. The fourth-order valence-corrected chi connectivity index (χ4v) is 3.22. The van der Waals surface area contributed by atoms with E-state index in [2.05, 4.69) is 24.4 Å². The molecule has 4 nitrogen and oxygen atoms in total. The smallest absolute Gasteiger partial charge is 0.160 e. The average molecular weight is 327 g/mol. The Morgan fingerprint density at radius 1 is 1.29 bits per heavy atom. The summed E-state index contributed by atoms with van der Waals surface area (Å²) in [5.74, 6) is 1.71. The molecule has 0 aromatic heterocycles. The number of phenolic OH excluding ortho intramolecular Hbond substituents is 1. The molecule has 128 valence electrons. The predicted molar refractivity (Wildman–Crippen MR) is 94.9 cm³/mol. The van der Waals surface area contributed by atoms with Crippen LogP contribution in [0.15, 0.2) is 42.5 Å². The van der Waals surface area contributed by atoms with Crippen LogP contribution in [0.5, 0.6) is 17.2 Å². The van der Waals surface area contributed by atoms with Crippen molar-refractivity contribution in [2.45, 2.75) is 38.3 Å². The van der Waals surface area contributed by atoms with Crippen LogP contribution in [0.1, 0.15) is 36.9 Å². The van der Waals surface area contributed by atoms with E-state index in [9.17, 15) is 5.11 Å². The summed E-state index contributed by atoms with van der Waals surface area (Å²) in [4.78, 5) is 0. The van der Waals surface area contributed by atoms with Crippen molar-refractivity contribution in [3.63, 3.8) is 0 Å². The minimum Gasteiger partial charge on any atom is -0.504 e. The normalized spacial score (nSPS) is 17.7. The van der Waals surface area contributed by atoms with Crippen molar-refractivity contribution < 1.29 is 14.6 Å². The molecule has 0 fully saturated rings. The Hall–Kier alpha value is -2.20. The van der Waals surface area contributed by atoms with Gasteiger partial charge in [-0.25, -0.2) is 0 Å². The summed E-state index contributed by atoms with van der Waals surface area (Å²) in [5.41, 5.74) is 2.37. The number of para-hydroxylation sites is 1. The first kappa shape index (κ1) is 16.7. The van der Waals surface area contributed by atoms with Gasteiger partial charge in [0.05, 0.1) is 13.7 Å². The van der Waals surface area contributed by atoms with E-state index in [1.165, 1.54) is 5.56 Å². The summed E-state index contributed by atoms with van der Waals surface area (Å²) in [6.45, 7) is 2.97. The zero-order valence-corrected chi connectivity index (χ0v) is 14.3. The van der Waals surface area contributed by atoms with E-state index in [-0.39, 0.29) is 5.75 Å². The quantitative estimate of drug-likeness (QED) is 0.846. The molecule has 0 bridgehead atoms. The van der Waals surface area contributed by atoms with Crippen LogP contribution in [0.4, 0.5) is 0 Å². The maximum absolute atomic E-state index is 9.87. The van der Waals surface area contributed by atoms with Gasteiger partial charge in [0.1, 0.15) is 5.75 Å². The number of hydrogen-bond acceptors (Lipinski definition) is 4. The van der Waals surface area contributed by atoms with Crippen LogP contribution in [-0.2, 0) is 6.42 Å². The highest BCUT2D eigenvalue weighted by Crippen LogP contribution is 2.32. The molecule has 2 atom stereocenters. The summed E-state index contributed by atoms with van der Waals surface area (Å²) in [5, 5.41) is 13.6. The second-order valence-corrected chi connectivity index (χ2v) is 6.34. The topological polar surface area (TPSA) is 50.7 Å². The lowest BCUT2D eigenvalue weighted by molar-refractivity contribution is 0.244. The Bertz CT molecular complexity index is 686. The van der Waals surface area contributed by atoms with Gasteiger partial charge in [-0.3, -0.25) is 0 Å². The van der Waals surface area contributed by atoms with Gasteiger partial charge in [-0.15, -0.1) is 0 Å². The zero-order valence-electron chi connectivity index (χ0n) is 14.3. The lowest BCUT2D eigenvalue weighted by Gasteiger charge is -2.29. The Kier molecular flexibility index (Phi) is 5.26. The number of rotatable bonds is 6. The van der Waals surface area contributed by atoms with Crippen LogP contribution in [-0.4, -0.2) is 24.9 Å². The zero-order chi connectivity index (χ0) is 16.9. The molecule has 0 radical (unpaired) electrons. The van der Waals surface area contributed by atoms with Crippen LogP contribution in [0.25, 0.3) is 0 Å². The van der Waals surface area contributed by atoms with E-state index in [1.54, 1.807) is 13.2 Å². The minimum atomic E-state index is 0.203. The fourth-order valence-electron chi connectivity index (χ4n) is 3.22. The third-order valence-corrected chi connectivity index (χ3v) is 4.55. The molecule has 0 amide bonds. The molecule has 2 aromatic rings. The number of aryl methyl sites for hydroxylation is 1. The van der Waals surface area contributed by atoms with Crippen molar-refractivity contribution in [2.75, 3.05) is 13.7 Å². The highest BCUT2D eigenvalue weighted by Gasteiger charge is 2.22. The van der Waals surface area contributed by atoms with E-state index >= 15 is 0 Å².